The number of carbonyl (C=O) groups is 1. The lowest BCUT2D eigenvalue weighted by molar-refractivity contribution is -0.126. The molecule has 1 aliphatic heterocycles. The molecule has 2 heterocycles. The van der Waals surface area contributed by atoms with E-state index in [0.29, 0.717) is 18.1 Å². The highest BCUT2D eigenvalue weighted by Gasteiger charge is 2.27. The molecule has 0 unspecified atom stereocenters. The fraction of sp³-hybridized carbons (Fsp3) is 0.238. The summed E-state index contributed by atoms with van der Waals surface area (Å²) in [4.78, 5) is 16.7. The van der Waals surface area contributed by atoms with Gasteiger partial charge in [0.2, 0.25) is 5.91 Å². The third kappa shape index (κ3) is 3.83. The van der Waals surface area contributed by atoms with Crippen molar-refractivity contribution in [2.24, 2.45) is 5.92 Å². The Bertz CT molecular complexity index is 939. The van der Waals surface area contributed by atoms with E-state index in [-0.39, 0.29) is 17.9 Å². The second kappa shape index (κ2) is 7.45. The molecule has 5 nitrogen and oxygen atoms in total. The van der Waals surface area contributed by atoms with Gasteiger partial charge in [-0.05, 0) is 54.8 Å². The SMILES string of the molecule is C[C@H](NC(=O)[C@@H]1COc2ccc(Cl)cc2C1)c1ccc(-n2ccnc2)cc1. The maximum atomic E-state index is 12.7. The average molecular weight is 382 g/mol. The molecule has 0 fully saturated rings. The van der Waals surface area contributed by atoms with E-state index >= 15 is 0 Å². The van der Waals surface area contributed by atoms with Crippen molar-refractivity contribution in [2.75, 3.05) is 6.61 Å². The van der Waals surface area contributed by atoms with E-state index in [2.05, 4.69) is 10.3 Å². The van der Waals surface area contributed by atoms with Crippen molar-refractivity contribution in [2.45, 2.75) is 19.4 Å². The second-order valence-corrected chi connectivity index (χ2v) is 7.19. The topological polar surface area (TPSA) is 56.1 Å². The smallest absolute Gasteiger partial charge is 0.227 e. The van der Waals surface area contributed by atoms with E-state index in [0.717, 1.165) is 22.6 Å². The molecule has 4 rings (SSSR count). The summed E-state index contributed by atoms with van der Waals surface area (Å²) < 4.78 is 7.67. The molecular weight excluding hydrogens is 362 g/mol. The van der Waals surface area contributed by atoms with Crippen molar-refractivity contribution in [3.63, 3.8) is 0 Å². The van der Waals surface area contributed by atoms with Gasteiger partial charge in [0.05, 0.1) is 18.3 Å². The molecule has 6 heteroatoms. The van der Waals surface area contributed by atoms with Crippen LogP contribution in [0.15, 0.2) is 61.2 Å². The van der Waals surface area contributed by atoms with Crippen molar-refractivity contribution in [1.82, 2.24) is 14.9 Å². The molecule has 0 bridgehead atoms. The number of amides is 1. The van der Waals surface area contributed by atoms with Gasteiger partial charge in [-0.1, -0.05) is 23.7 Å². The van der Waals surface area contributed by atoms with E-state index in [9.17, 15) is 4.79 Å². The Labute approximate surface area is 162 Å². The fourth-order valence-corrected chi connectivity index (χ4v) is 3.49. The number of nitrogens with one attached hydrogen (secondary N) is 1. The zero-order valence-corrected chi connectivity index (χ0v) is 15.7. The number of fused-ring (bicyclic) bond motifs is 1. The Hall–Kier alpha value is -2.79. The summed E-state index contributed by atoms with van der Waals surface area (Å²) in [6.45, 7) is 2.37. The molecule has 3 aromatic rings. The van der Waals surface area contributed by atoms with Crippen LogP contribution in [0.25, 0.3) is 5.69 Å². The Morgan fingerprint density at radius 1 is 1.30 bits per heavy atom. The van der Waals surface area contributed by atoms with Gasteiger partial charge in [-0.15, -0.1) is 0 Å². The predicted octanol–water partition coefficient (Wildman–Crippen LogP) is 3.95. The predicted molar refractivity (Wildman–Crippen MR) is 104 cm³/mol. The molecule has 0 aliphatic carbocycles. The number of nitrogens with zero attached hydrogens (tertiary/aromatic N) is 2. The summed E-state index contributed by atoms with van der Waals surface area (Å²) in [5.74, 6) is 0.585. The average Bonchev–Trinajstić information content (AvgIpc) is 3.22. The molecule has 2 atom stereocenters. The van der Waals surface area contributed by atoms with Crippen LogP contribution in [0.1, 0.15) is 24.1 Å². The van der Waals surface area contributed by atoms with E-state index in [1.165, 1.54) is 0 Å². The third-order valence-corrected chi connectivity index (χ3v) is 5.09. The van der Waals surface area contributed by atoms with Gasteiger partial charge >= 0.3 is 0 Å². The van der Waals surface area contributed by atoms with Gasteiger partial charge in [-0.25, -0.2) is 4.98 Å². The van der Waals surface area contributed by atoms with Crippen molar-refractivity contribution < 1.29 is 9.53 Å². The Morgan fingerprint density at radius 2 is 2.11 bits per heavy atom. The fourth-order valence-electron chi connectivity index (χ4n) is 3.29. The normalized spacial score (nSPS) is 16.9. The minimum Gasteiger partial charge on any atom is -0.492 e. The summed E-state index contributed by atoms with van der Waals surface area (Å²) >= 11 is 6.06. The number of carbonyl (C=O) groups excluding carboxylic acids is 1. The van der Waals surface area contributed by atoms with Gasteiger partial charge in [0, 0.05) is 23.1 Å². The Balaban J connectivity index is 1.40. The number of ether oxygens (including phenoxy) is 1. The summed E-state index contributed by atoms with van der Waals surface area (Å²) in [5.41, 5.74) is 3.06. The van der Waals surface area contributed by atoms with Gasteiger partial charge in [0.25, 0.3) is 0 Å². The van der Waals surface area contributed by atoms with Crippen LogP contribution in [0.3, 0.4) is 0 Å². The number of benzene rings is 2. The van der Waals surface area contributed by atoms with Gasteiger partial charge < -0.3 is 14.6 Å². The molecule has 0 radical (unpaired) electrons. The van der Waals surface area contributed by atoms with Crippen molar-refractivity contribution >= 4 is 17.5 Å². The van der Waals surface area contributed by atoms with Gasteiger partial charge in [-0.2, -0.15) is 0 Å². The summed E-state index contributed by atoms with van der Waals surface area (Å²) in [5, 5.41) is 3.75. The highest BCUT2D eigenvalue weighted by molar-refractivity contribution is 6.30. The molecular formula is C21H20ClN3O2. The van der Waals surface area contributed by atoms with E-state index in [1.54, 1.807) is 18.6 Å². The molecule has 1 N–H and O–H groups in total. The monoisotopic (exact) mass is 381 g/mol. The lowest BCUT2D eigenvalue weighted by Gasteiger charge is -2.26. The number of hydrogen-bond acceptors (Lipinski definition) is 3. The number of aromatic nitrogens is 2. The summed E-state index contributed by atoms with van der Waals surface area (Å²) in [6.07, 6.45) is 6.03. The maximum Gasteiger partial charge on any atom is 0.227 e. The molecule has 0 saturated heterocycles. The van der Waals surface area contributed by atoms with Crippen LogP contribution in [0, 0.1) is 5.92 Å². The van der Waals surface area contributed by atoms with Crippen molar-refractivity contribution in [3.05, 3.63) is 77.3 Å². The van der Waals surface area contributed by atoms with Crippen LogP contribution in [0.5, 0.6) is 5.75 Å². The van der Waals surface area contributed by atoms with E-state index < -0.39 is 0 Å². The van der Waals surface area contributed by atoms with Crippen LogP contribution in [-0.4, -0.2) is 22.1 Å². The standard InChI is InChI=1S/C21H20ClN3O2/c1-14(15-2-5-19(6-3-15)25-9-8-23-13-25)24-21(26)17-10-16-11-18(22)4-7-20(16)27-12-17/h2-9,11,13-14,17H,10,12H2,1H3,(H,24,26)/t14-,17-/m0/s1. The first-order valence-corrected chi connectivity index (χ1v) is 9.28. The summed E-state index contributed by atoms with van der Waals surface area (Å²) in [7, 11) is 0. The quantitative estimate of drug-likeness (QED) is 0.744. The molecule has 27 heavy (non-hydrogen) atoms. The Morgan fingerprint density at radius 3 is 2.85 bits per heavy atom. The molecule has 1 aliphatic rings. The lowest BCUT2D eigenvalue weighted by Crippen LogP contribution is -2.38. The summed E-state index contributed by atoms with van der Waals surface area (Å²) in [6, 6.07) is 13.5. The number of hydrogen-bond donors (Lipinski definition) is 1. The van der Waals surface area contributed by atoms with Crippen LogP contribution < -0.4 is 10.1 Å². The molecule has 138 valence electrons. The second-order valence-electron chi connectivity index (χ2n) is 6.76. The van der Waals surface area contributed by atoms with Crippen molar-refractivity contribution in [3.8, 4) is 11.4 Å². The molecule has 1 amide bonds. The molecule has 2 aromatic carbocycles. The number of rotatable bonds is 4. The molecule has 1 aromatic heterocycles. The number of imidazole rings is 1. The lowest BCUT2D eigenvalue weighted by atomic mass is 9.95. The zero-order chi connectivity index (χ0) is 18.8. The minimum absolute atomic E-state index is 0.00758. The Kier molecular flexibility index (Phi) is 4.86. The van der Waals surface area contributed by atoms with Crippen LogP contribution in [0.4, 0.5) is 0 Å². The maximum absolute atomic E-state index is 12.7. The van der Waals surface area contributed by atoms with Crippen LogP contribution >= 0.6 is 11.6 Å². The highest BCUT2D eigenvalue weighted by atomic mass is 35.5. The molecule has 0 spiro atoms. The first-order valence-electron chi connectivity index (χ1n) is 8.90. The van der Waals surface area contributed by atoms with Crippen molar-refractivity contribution in [1.29, 1.82) is 0 Å². The van der Waals surface area contributed by atoms with E-state index in [1.807, 2.05) is 54.1 Å². The number of halogens is 1. The first kappa shape index (κ1) is 17.6. The van der Waals surface area contributed by atoms with E-state index in [4.69, 9.17) is 16.3 Å². The minimum atomic E-state index is -0.219. The van der Waals surface area contributed by atoms with Gasteiger partial charge in [0.1, 0.15) is 12.4 Å². The van der Waals surface area contributed by atoms with Crippen LogP contribution in [-0.2, 0) is 11.2 Å². The zero-order valence-electron chi connectivity index (χ0n) is 14.9. The third-order valence-electron chi connectivity index (χ3n) is 4.85. The largest absolute Gasteiger partial charge is 0.492 e. The molecule has 0 saturated carbocycles. The van der Waals surface area contributed by atoms with Gasteiger partial charge in [-0.3, -0.25) is 4.79 Å². The van der Waals surface area contributed by atoms with Gasteiger partial charge in [0.15, 0.2) is 0 Å². The van der Waals surface area contributed by atoms with Crippen LogP contribution in [0.2, 0.25) is 5.02 Å². The highest BCUT2D eigenvalue weighted by Crippen LogP contribution is 2.30. The first-order chi connectivity index (χ1) is 13.1.